The third-order valence-electron chi connectivity index (χ3n) is 4.19. The van der Waals surface area contributed by atoms with Gasteiger partial charge >= 0.3 is 0 Å². The van der Waals surface area contributed by atoms with Gasteiger partial charge in [0, 0.05) is 18.2 Å². The molecule has 3 N–H and O–H groups in total. The molecule has 1 amide bonds. The highest BCUT2D eigenvalue weighted by molar-refractivity contribution is 7.89. The van der Waals surface area contributed by atoms with Crippen molar-refractivity contribution in [1.29, 1.82) is 0 Å². The van der Waals surface area contributed by atoms with Gasteiger partial charge in [0.1, 0.15) is 10.7 Å². The molecule has 0 saturated heterocycles. The summed E-state index contributed by atoms with van der Waals surface area (Å²) in [5.74, 6) is 0.899. The van der Waals surface area contributed by atoms with Crippen LogP contribution in [-0.2, 0) is 16.4 Å². The van der Waals surface area contributed by atoms with Gasteiger partial charge in [-0.25, -0.2) is 13.6 Å². The van der Waals surface area contributed by atoms with Crippen molar-refractivity contribution in [2.24, 2.45) is 5.14 Å². The second-order valence-electron chi connectivity index (χ2n) is 6.54. The zero-order valence-corrected chi connectivity index (χ0v) is 16.9. The van der Waals surface area contributed by atoms with Crippen molar-refractivity contribution < 1.29 is 13.2 Å². The Labute approximate surface area is 161 Å². The van der Waals surface area contributed by atoms with E-state index >= 15 is 0 Å². The van der Waals surface area contributed by atoms with Crippen LogP contribution < -0.4 is 10.5 Å². The van der Waals surface area contributed by atoms with E-state index < -0.39 is 10.0 Å². The first kappa shape index (κ1) is 19.5. The Morgan fingerprint density at radius 2 is 1.93 bits per heavy atom. The number of nitrogens with one attached hydrogen (secondary N) is 1. The number of aromatic nitrogens is 3. The molecule has 0 radical (unpaired) electrons. The van der Waals surface area contributed by atoms with Crippen LogP contribution in [-0.4, -0.2) is 35.5 Å². The normalized spacial score (nSPS) is 12.0. The van der Waals surface area contributed by atoms with E-state index in [1.807, 2.05) is 25.2 Å². The first-order valence-corrected chi connectivity index (χ1v) is 10.8. The summed E-state index contributed by atoms with van der Waals surface area (Å²) in [5.41, 5.74) is 1.74. The molecule has 0 saturated carbocycles. The molecule has 27 heavy (non-hydrogen) atoms. The van der Waals surface area contributed by atoms with Crippen LogP contribution in [0.5, 0.6) is 0 Å². The molecule has 10 heteroatoms. The number of primary sulfonamides is 1. The zero-order valence-electron chi connectivity index (χ0n) is 15.3. The quantitative estimate of drug-likeness (QED) is 0.646. The standard InChI is InChI=1S/C17H21N5O3S2/c1-10(2)15-20-21-17-22(15)11(3)14(26-17)16(23)19-9-8-12-4-6-13(7-5-12)27(18,24)25/h4-7,10H,8-9H2,1-3H3,(H,19,23)(H2,18,24,25). The number of hydrogen-bond donors (Lipinski definition) is 2. The van der Waals surface area contributed by atoms with Crippen molar-refractivity contribution in [2.75, 3.05) is 6.54 Å². The third kappa shape index (κ3) is 4.02. The van der Waals surface area contributed by atoms with Crippen molar-refractivity contribution >= 4 is 32.2 Å². The summed E-state index contributed by atoms with van der Waals surface area (Å²) in [6.45, 7) is 6.39. The minimum atomic E-state index is -3.69. The Balaban J connectivity index is 1.66. The first-order chi connectivity index (χ1) is 12.7. The average molecular weight is 408 g/mol. The molecule has 3 aromatic rings. The molecule has 0 atom stereocenters. The summed E-state index contributed by atoms with van der Waals surface area (Å²) in [5, 5.41) is 16.3. The smallest absolute Gasteiger partial charge is 0.263 e. The largest absolute Gasteiger partial charge is 0.351 e. The molecule has 3 rings (SSSR count). The lowest BCUT2D eigenvalue weighted by atomic mass is 10.1. The lowest BCUT2D eigenvalue weighted by Gasteiger charge is -2.06. The van der Waals surface area contributed by atoms with Gasteiger partial charge in [-0.2, -0.15) is 0 Å². The molecule has 2 aromatic heterocycles. The van der Waals surface area contributed by atoms with E-state index in [0.29, 0.717) is 22.8 Å². The number of carbonyl (C=O) groups excluding carboxylic acids is 1. The summed E-state index contributed by atoms with van der Waals surface area (Å²) in [4.78, 5) is 13.9. The van der Waals surface area contributed by atoms with Crippen LogP contribution in [0.1, 0.15) is 46.5 Å². The summed E-state index contributed by atoms with van der Waals surface area (Å²) in [6, 6.07) is 6.31. The van der Waals surface area contributed by atoms with Crippen LogP contribution in [0.4, 0.5) is 0 Å². The maximum Gasteiger partial charge on any atom is 0.263 e. The number of thiazole rings is 1. The van der Waals surface area contributed by atoms with Gasteiger partial charge in [0.15, 0.2) is 0 Å². The summed E-state index contributed by atoms with van der Waals surface area (Å²) >= 11 is 1.32. The van der Waals surface area contributed by atoms with Crippen molar-refractivity contribution in [2.45, 2.75) is 38.0 Å². The highest BCUT2D eigenvalue weighted by Gasteiger charge is 2.20. The third-order valence-corrected chi connectivity index (χ3v) is 6.25. The molecule has 8 nitrogen and oxygen atoms in total. The fraction of sp³-hybridized carbons (Fsp3) is 0.353. The molecule has 0 fully saturated rings. The second kappa shape index (κ2) is 7.37. The Morgan fingerprint density at radius 3 is 2.52 bits per heavy atom. The highest BCUT2D eigenvalue weighted by Crippen LogP contribution is 2.25. The fourth-order valence-electron chi connectivity index (χ4n) is 2.76. The number of benzene rings is 1. The average Bonchev–Trinajstić information content (AvgIpc) is 3.15. The van der Waals surface area contributed by atoms with Gasteiger partial charge in [-0.3, -0.25) is 9.20 Å². The molecule has 0 aliphatic rings. The summed E-state index contributed by atoms with van der Waals surface area (Å²) in [7, 11) is -3.69. The van der Waals surface area contributed by atoms with Crippen LogP contribution in [0.15, 0.2) is 29.2 Å². The predicted molar refractivity (Wildman–Crippen MR) is 104 cm³/mol. The molecular formula is C17H21N5O3S2. The zero-order chi connectivity index (χ0) is 19.8. The molecule has 0 aliphatic heterocycles. The first-order valence-electron chi connectivity index (χ1n) is 8.43. The molecule has 1 aromatic carbocycles. The van der Waals surface area contributed by atoms with Gasteiger partial charge in [0.2, 0.25) is 15.0 Å². The topological polar surface area (TPSA) is 119 Å². The van der Waals surface area contributed by atoms with Crippen molar-refractivity contribution in [3.8, 4) is 0 Å². The number of aryl methyl sites for hydroxylation is 1. The fourth-order valence-corrected chi connectivity index (χ4v) is 4.27. The molecule has 2 heterocycles. The van der Waals surface area contributed by atoms with Crippen LogP contribution >= 0.6 is 11.3 Å². The lowest BCUT2D eigenvalue weighted by Crippen LogP contribution is -2.25. The number of fused-ring (bicyclic) bond motifs is 1. The Morgan fingerprint density at radius 1 is 1.26 bits per heavy atom. The van der Waals surface area contributed by atoms with Gasteiger partial charge in [-0.05, 0) is 31.0 Å². The monoisotopic (exact) mass is 407 g/mol. The molecule has 144 valence electrons. The summed E-state index contributed by atoms with van der Waals surface area (Å²) < 4.78 is 24.5. The SMILES string of the molecule is Cc1c(C(=O)NCCc2ccc(S(N)(=O)=O)cc2)sc2nnc(C(C)C)n12. The number of hydrogen-bond acceptors (Lipinski definition) is 6. The second-order valence-corrected chi connectivity index (χ2v) is 9.08. The molecule has 0 aliphatic carbocycles. The van der Waals surface area contributed by atoms with Gasteiger partial charge < -0.3 is 5.32 Å². The Hall–Kier alpha value is -2.30. The van der Waals surface area contributed by atoms with Crippen LogP contribution in [0.25, 0.3) is 4.96 Å². The Kier molecular flexibility index (Phi) is 5.31. The van der Waals surface area contributed by atoms with Crippen LogP contribution in [0.2, 0.25) is 0 Å². The maximum atomic E-state index is 12.5. The Bertz CT molecular complexity index is 1080. The van der Waals surface area contributed by atoms with Gasteiger partial charge in [-0.1, -0.05) is 37.3 Å². The van der Waals surface area contributed by atoms with Gasteiger partial charge in [0.05, 0.1) is 4.90 Å². The number of sulfonamides is 1. The minimum Gasteiger partial charge on any atom is -0.351 e. The van der Waals surface area contributed by atoms with E-state index in [4.69, 9.17) is 5.14 Å². The van der Waals surface area contributed by atoms with Crippen LogP contribution in [0, 0.1) is 6.92 Å². The number of carbonyl (C=O) groups is 1. The van der Waals surface area contributed by atoms with E-state index in [1.54, 1.807) is 12.1 Å². The summed E-state index contributed by atoms with van der Waals surface area (Å²) in [6.07, 6.45) is 0.580. The van der Waals surface area contributed by atoms with E-state index in [9.17, 15) is 13.2 Å². The number of nitrogens with zero attached hydrogens (tertiary/aromatic N) is 3. The molecule has 0 bridgehead atoms. The van der Waals surface area contributed by atoms with Crippen molar-refractivity contribution in [1.82, 2.24) is 19.9 Å². The van der Waals surface area contributed by atoms with Crippen LogP contribution in [0.3, 0.4) is 0 Å². The maximum absolute atomic E-state index is 12.5. The number of rotatable bonds is 6. The predicted octanol–water partition coefficient (Wildman–Crippen LogP) is 1.84. The number of nitrogens with two attached hydrogens (primary N) is 1. The number of amides is 1. The lowest BCUT2D eigenvalue weighted by molar-refractivity contribution is 0.0957. The molecular weight excluding hydrogens is 386 g/mol. The molecule has 0 spiro atoms. The van der Waals surface area contributed by atoms with Crippen molar-refractivity contribution in [3.63, 3.8) is 0 Å². The van der Waals surface area contributed by atoms with E-state index in [2.05, 4.69) is 15.5 Å². The van der Waals surface area contributed by atoms with E-state index in [1.165, 1.54) is 23.5 Å². The van der Waals surface area contributed by atoms with Gasteiger partial charge in [-0.15, -0.1) is 10.2 Å². The van der Waals surface area contributed by atoms with Crippen molar-refractivity contribution in [3.05, 3.63) is 46.2 Å². The molecule has 0 unspecified atom stereocenters. The highest BCUT2D eigenvalue weighted by atomic mass is 32.2. The minimum absolute atomic E-state index is 0.0717. The van der Waals surface area contributed by atoms with E-state index in [-0.39, 0.29) is 16.7 Å². The van der Waals surface area contributed by atoms with Gasteiger partial charge in [0.25, 0.3) is 5.91 Å². The van der Waals surface area contributed by atoms with E-state index in [0.717, 1.165) is 17.1 Å².